The molecule has 1 spiro atoms. The van der Waals surface area contributed by atoms with Gasteiger partial charge in [0.2, 0.25) is 0 Å². The molecule has 0 amide bonds. The fourth-order valence-electron chi connectivity index (χ4n) is 11.8. The molecular weight excluding hydrogens is 647 g/mol. The maximum absolute atomic E-state index is 6.30. The lowest BCUT2D eigenvalue weighted by Gasteiger charge is -2.50. The highest BCUT2D eigenvalue weighted by Gasteiger charge is 2.60. The minimum atomic E-state index is -0.561. The van der Waals surface area contributed by atoms with Crippen molar-refractivity contribution in [1.29, 1.82) is 0 Å². The van der Waals surface area contributed by atoms with Crippen LogP contribution in [0.1, 0.15) is 80.0 Å². The maximum atomic E-state index is 6.30. The van der Waals surface area contributed by atoms with E-state index in [2.05, 4.69) is 161 Å². The van der Waals surface area contributed by atoms with Crippen LogP contribution >= 0.6 is 0 Å². The Labute approximate surface area is 309 Å². The number of fused-ring (bicyclic) bond motifs is 16. The van der Waals surface area contributed by atoms with E-state index >= 15 is 0 Å². The topological polar surface area (TPSA) is 29.5 Å². The summed E-state index contributed by atoms with van der Waals surface area (Å²) in [5.74, 6) is 1.68. The van der Waals surface area contributed by atoms with Crippen LogP contribution in [-0.4, -0.2) is 0 Å². The minimum Gasteiger partial charge on any atom is -0.461 e. The molecule has 0 saturated heterocycles. The molecule has 53 heavy (non-hydrogen) atoms. The van der Waals surface area contributed by atoms with Crippen LogP contribution in [0.4, 0.5) is 11.4 Å². The number of allylic oxidation sites excluding steroid dienone is 3. The van der Waals surface area contributed by atoms with E-state index in [0.29, 0.717) is 0 Å². The molecule has 3 nitrogen and oxygen atoms in total. The van der Waals surface area contributed by atoms with E-state index < -0.39 is 5.41 Å². The Morgan fingerprint density at radius 3 is 1.91 bits per heavy atom. The Balaban J connectivity index is 1.21. The average Bonchev–Trinajstić information content (AvgIpc) is 3.97. The summed E-state index contributed by atoms with van der Waals surface area (Å²) in [7, 11) is 0. The van der Waals surface area contributed by atoms with Crippen LogP contribution < -0.4 is 4.90 Å². The summed E-state index contributed by atoms with van der Waals surface area (Å²) in [4.78, 5) is 2.60. The van der Waals surface area contributed by atoms with Crippen LogP contribution in [0.2, 0.25) is 0 Å². The number of hydrogen-bond acceptors (Lipinski definition) is 3. The van der Waals surface area contributed by atoms with Gasteiger partial charge in [-0.2, -0.15) is 0 Å². The largest absolute Gasteiger partial charge is 0.461 e. The summed E-state index contributed by atoms with van der Waals surface area (Å²) in [6.45, 7) is 12.1. The van der Waals surface area contributed by atoms with Gasteiger partial charge in [0.15, 0.2) is 11.5 Å². The second kappa shape index (κ2) is 9.40. The molecular formula is C50H39NO2. The Hall–Kier alpha value is -5.80. The smallest absolute Gasteiger partial charge is 0.174 e. The molecule has 3 heteroatoms. The summed E-state index contributed by atoms with van der Waals surface area (Å²) in [5, 5.41) is 2.56. The monoisotopic (exact) mass is 685 g/mol. The highest BCUT2D eigenvalue weighted by molar-refractivity contribution is 6.09. The van der Waals surface area contributed by atoms with Crippen molar-refractivity contribution in [2.75, 3.05) is 4.90 Å². The van der Waals surface area contributed by atoms with E-state index in [1.54, 1.807) is 0 Å². The zero-order valence-corrected chi connectivity index (χ0v) is 30.7. The molecule has 256 valence electrons. The summed E-state index contributed by atoms with van der Waals surface area (Å²) >= 11 is 0. The standard InChI is InChI=1S/C50H39NO2/c1-47(2)32-15-7-6-13-31(32)44-30-14-12-20-40(29(30)21-22-36(44)47)51-41-19-11-10-18-35(41)50(37-23-25-52-45(37)46-38(50)24-26-53-46)39-28-49(5)34-17-9-8-16-33(34)48(3,4)43(49)27-42(39)51/h6-27H,28H2,1-5H3. The Morgan fingerprint density at radius 2 is 1.15 bits per heavy atom. The number of furan rings is 2. The van der Waals surface area contributed by atoms with Gasteiger partial charge >= 0.3 is 0 Å². The maximum Gasteiger partial charge on any atom is 0.174 e. The van der Waals surface area contributed by atoms with Crippen molar-refractivity contribution in [2.45, 2.75) is 62.7 Å². The average molecular weight is 686 g/mol. The van der Waals surface area contributed by atoms with Crippen molar-refractivity contribution in [3.63, 3.8) is 0 Å². The van der Waals surface area contributed by atoms with E-state index in [9.17, 15) is 0 Å². The molecule has 0 bridgehead atoms. The Bertz CT molecular complexity index is 2810. The number of rotatable bonds is 1. The van der Waals surface area contributed by atoms with Gasteiger partial charge in [0.05, 0.1) is 29.3 Å². The molecule has 2 aromatic heterocycles. The van der Waals surface area contributed by atoms with Crippen molar-refractivity contribution in [2.24, 2.45) is 0 Å². The quantitative estimate of drug-likeness (QED) is 0.172. The fraction of sp³-hybridized carbons (Fsp3) is 0.200. The van der Waals surface area contributed by atoms with Gasteiger partial charge in [0.25, 0.3) is 0 Å². The summed E-state index contributed by atoms with van der Waals surface area (Å²) in [6.07, 6.45) is 7.14. The molecule has 7 aromatic rings. The van der Waals surface area contributed by atoms with E-state index in [4.69, 9.17) is 8.83 Å². The third kappa shape index (κ3) is 3.23. The second-order valence-electron chi connectivity index (χ2n) is 17.1. The molecule has 5 aromatic carbocycles. The van der Waals surface area contributed by atoms with Gasteiger partial charge in [-0.1, -0.05) is 126 Å². The van der Waals surface area contributed by atoms with Crippen molar-refractivity contribution in [3.05, 3.63) is 190 Å². The molecule has 5 aliphatic rings. The van der Waals surface area contributed by atoms with E-state index in [0.717, 1.165) is 17.9 Å². The lowest BCUT2D eigenvalue weighted by Crippen LogP contribution is -2.44. The van der Waals surface area contributed by atoms with Crippen LogP contribution in [0.15, 0.2) is 160 Å². The summed E-state index contributed by atoms with van der Waals surface area (Å²) in [5.41, 5.74) is 17.5. The molecule has 12 rings (SSSR count). The van der Waals surface area contributed by atoms with Crippen molar-refractivity contribution in [3.8, 4) is 22.6 Å². The molecule has 1 atom stereocenters. The SMILES string of the molecule is CC1(C)C2=CC3=C(CC2(C)c2ccccc21)C1(c2ccccc2N3c2cccc3c4c(ccc23)C(C)(C)c2ccccc2-4)c2ccoc2-c2occc21. The molecule has 1 unspecified atom stereocenters. The molecule has 0 radical (unpaired) electrons. The Morgan fingerprint density at radius 1 is 0.509 bits per heavy atom. The first-order valence-electron chi connectivity index (χ1n) is 19.0. The zero-order chi connectivity index (χ0) is 35.6. The molecule has 0 N–H and O–H groups in total. The minimum absolute atomic E-state index is 0.0652. The van der Waals surface area contributed by atoms with Crippen LogP contribution in [0, 0.1) is 0 Å². The van der Waals surface area contributed by atoms with E-state index in [1.165, 1.54) is 89.1 Å². The predicted octanol–water partition coefficient (Wildman–Crippen LogP) is 12.6. The first-order valence-corrected chi connectivity index (χ1v) is 19.0. The molecule has 4 aliphatic carbocycles. The van der Waals surface area contributed by atoms with Gasteiger partial charge in [0, 0.05) is 38.5 Å². The highest BCUT2D eigenvalue weighted by atomic mass is 16.4. The molecule has 0 fully saturated rings. The lowest BCUT2D eigenvalue weighted by atomic mass is 9.57. The predicted molar refractivity (Wildman–Crippen MR) is 213 cm³/mol. The van der Waals surface area contributed by atoms with Gasteiger partial charge in [-0.3, -0.25) is 0 Å². The number of nitrogens with zero attached hydrogens (tertiary/aromatic N) is 1. The Kier molecular flexibility index (Phi) is 5.28. The summed E-state index contributed by atoms with van der Waals surface area (Å²) < 4.78 is 12.6. The zero-order valence-electron chi connectivity index (χ0n) is 30.7. The molecule has 1 aliphatic heterocycles. The van der Waals surface area contributed by atoms with Gasteiger partial charge in [-0.15, -0.1) is 0 Å². The number of anilines is 2. The second-order valence-corrected chi connectivity index (χ2v) is 17.1. The first kappa shape index (κ1) is 29.7. The molecule has 0 saturated carbocycles. The number of para-hydroxylation sites is 1. The third-order valence-corrected chi connectivity index (χ3v) is 14.0. The van der Waals surface area contributed by atoms with Gasteiger partial charge < -0.3 is 13.7 Å². The van der Waals surface area contributed by atoms with Crippen LogP contribution in [0.5, 0.6) is 0 Å². The fourth-order valence-corrected chi connectivity index (χ4v) is 11.8. The van der Waals surface area contributed by atoms with E-state index in [-0.39, 0.29) is 16.2 Å². The normalized spacial score (nSPS) is 21.4. The van der Waals surface area contributed by atoms with E-state index in [1.807, 2.05) is 12.5 Å². The highest BCUT2D eigenvalue weighted by Crippen LogP contribution is 2.68. The van der Waals surface area contributed by atoms with Gasteiger partial charge in [-0.25, -0.2) is 0 Å². The van der Waals surface area contributed by atoms with Crippen LogP contribution in [0.25, 0.3) is 33.4 Å². The van der Waals surface area contributed by atoms with Crippen molar-refractivity contribution < 1.29 is 8.83 Å². The first-order chi connectivity index (χ1) is 25.7. The number of hydrogen-bond donors (Lipinski definition) is 0. The van der Waals surface area contributed by atoms with Gasteiger partial charge in [0.1, 0.15) is 0 Å². The lowest BCUT2D eigenvalue weighted by molar-refractivity contribution is 0.470. The number of benzene rings is 5. The van der Waals surface area contributed by atoms with Crippen LogP contribution in [0.3, 0.4) is 0 Å². The summed E-state index contributed by atoms with van der Waals surface area (Å²) in [6, 6.07) is 43.3. The van der Waals surface area contributed by atoms with Crippen LogP contribution in [-0.2, 0) is 21.7 Å². The third-order valence-electron chi connectivity index (χ3n) is 14.0. The molecule has 3 heterocycles. The van der Waals surface area contributed by atoms with Gasteiger partial charge in [-0.05, 0) is 92.2 Å². The van der Waals surface area contributed by atoms with Crippen molar-refractivity contribution >= 4 is 22.1 Å². The van der Waals surface area contributed by atoms with Crippen molar-refractivity contribution in [1.82, 2.24) is 0 Å².